The second kappa shape index (κ2) is 10.4. The molecule has 0 radical (unpaired) electrons. The lowest BCUT2D eigenvalue weighted by atomic mass is 9.94. The third-order valence-corrected chi connectivity index (χ3v) is 6.34. The molecular formula is C24H30N2O6S. The van der Waals surface area contributed by atoms with Gasteiger partial charge in [-0.05, 0) is 51.8 Å². The highest BCUT2D eigenvalue weighted by Gasteiger charge is 2.44. The predicted octanol–water partition coefficient (Wildman–Crippen LogP) is 4.17. The van der Waals surface area contributed by atoms with E-state index in [9.17, 15) is 14.7 Å². The number of Topliss-reactive ketones (excluding diaryl/α,β-unsaturated/α-hetero) is 1. The van der Waals surface area contributed by atoms with E-state index in [1.54, 1.807) is 32.2 Å². The van der Waals surface area contributed by atoms with E-state index in [0.717, 1.165) is 5.01 Å². The van der Waals surface area contributed by atoms with Crippen LogP contribution in [0.25, 0.3) is 0 Å². The molecule has 0 saturated carbocycles. The number of nitrogens with zero attached hydrogens (tertiary/aromatic N) is 2. The lowest BCUT2D eigenvalue weighted by molar-refractivity contribution is -0.129. The van der Waals surface area contributed by atoms with E-state index in [-0.39, 0.29) is 11.7 Å². The summed E-state index contributed by atoms with van der Waals surface area (Å²) in [4.78, 5) is 32.8. The summed E-state index contributed by atoms with van der Waals surface area (Å²) in [5.41, 5.74) is 1.26. The summed E-state index contributed by atoms with van der Waals surface area (Å²) in [6.07, 6.45) is 0.500. The Balaban J connectivity index is 2.10. The van der Waals surface area contributed by atoms with E-state index in [1.165, 1.54) is 23.3 Å². The molecule has 1 aliphatic heterocycles. The topological polar surface area (TPSA) is 98.2 Å². The first kappa shape index (κ1) is 24.7. The Labute approximate surface area is 197 Å². The van der Waals surface area contributed by atoms with Gasteiger partial charge < -0.3 is 24.2 Å². The minimum atomic E-state index is -0.773. The standard InChI is InChI=1S/C24H30N2O6S/c1-13(2)32-17-9-8-16(12-18(17)31-6)20-19(21(27)23-14(3)25-15(4)33-23)22(28)24(29)26(20)10-7-11-30-5/h8-9,12-13,20,28H,7,10-11H2,1-6H3. The fourth-order valence-corrected chi connectivity index (χ4v) is 4.79. The molecule has 3 rings (SSSR count). The second-order valence-corrected chi connectivity index (χ2v) is 9.27. The number of ketones is 1. The Morgan fingerprint density at radius 2 is 1.97 bits per heavy atom. The van der Waals surface area contributed by atoms with Crippen molar-refractivity contribution in [2.24, 2.45) is 0 Å². The summed E-state index contributed by atoms with van der Waals surface area (Å²) in [5.74, 6) is -0.478. The van der Waals surface area contributed by atoms with E-state index in [2.05, 4.69) is 4.98 Å². The van der Waals surface area contributed by atoms with Crippen molar-refractivity contribution in [3.8, 4) is 11.5 Å². The van der Waals surface area contributed by atoms with Crippen LogP contribution in [0.4, 0.5) is 0 Å². The Morgan fingerprint density at radius 3 is 2.55 bits per heavy atom. The van der Waals surface area contributed by atoms with Crippen LogP contribution in [0, 0.1) is 13.8 Å². The summed E-state index contributed by atoms with van der Waals surface area (Å²) < 4.78 is 16.5. The van der Waals surface area contributed by atoms with Crippen LogP contribution in [0.5, 0.6) is 11.5 Å². The van der Waals surface area contributed by atoms with Crippen molar-refractivity contribution in [3.63, 3.8) is 0 Å². The highest BCUT2D eigenvalue weighted by Crippen LogP contribution is 2.42. The summed E-state index contributed by atoms with van der Waals surface area (Å²) in [6, 6.07) is 4.52. The normalized spacial score (nSPS) is 16.2. The van der Waals surface area contributed by atoms with Gasteiger partial charge in [0.05, 0.1) is 40.4 Å². The summed E-state index contributed by atoms with van der Waals surface area (Å²) in [6.45, 7) is 8.14. The van der Waals surface area contributed by atoms with Gasteiger partial charge in [-0.1, -0.05) is 6.07 Å². The number of hydrogen-bond donors (Lipinski definition) is 1. The molecule has 178 valence electrons. The molecule has 0 spiro atoms. The molecule has 0 aliphatic carbocycles. The molecule has 8 nitrogen and oxygen atoms in total. The van der Waals surface area contributed by atoms with Crippen LogP contribution in [0.15, 0.2) is 29.5 Å². The molecule has 33 heavy (non-hydrogen) atoms. The van der Waals surface area contributed by atoms with Crippen molar-refractivity contribution in [3.05, 3.63) is 50.7 Å². The molecule has 1 amide bonds. The number of methoxy groups -OCH3 is 2. The van der Waals surface area contributed by atoms with Gasteiger partial charge in [-0.2, -0.15) is 0 Å². The smallest absolute Gasteiger partial charge is 0.290 e. The molecule has 0 bridgehead atoms. The largest absolute Gasteiger partial charge is 0.503 e. The summed E-state index contributed by atoms with van der Waals surface area (Å²) >= 11 is 1.25. The third-order valence-electron chi connectivity index (χ3n) is 5.27. The molecule has 9 heteroatoms. The van der Waals surface area contributed by atoms with Crippen molar-refractivity contribution < 1.29 is 28.9 Å². The number of aryl methyl sites for hydroxylation is 2. The molecule has 0 saturated heterocycles. The van der Waals surface area contributed by atoms with Gasteiger partial charge in [0.25, 0.3) is 5.91 Å². The monoisotopic (exact) mass is 474 g/mol. The summed E-state index contributed by atoms with van der Waals surface area (Å²) in [7, 11) is 3.12. The van der Waals surface area contributed by atoms with Gasteiger partial charge in [0.15, 0.2) is 17.3 Å². The second-order valence-electron chi connectivity index (χ2n) is 8.06. The number of benzene rings is 1. The average Bonchev–Trinajstić information content (AvgIpc) is 3.23. The van der Waals surface area contributed by atoms with E-state index in [4.69, 9.17) is 14.2 Å². The van der Waals surface area contributed by atoms with Crippen LogP contribution >= 0.6 is 11.3 Å². The molecule has 1 unspecified atom stereocenters. The minimum Gasteiger partial charge on any atom is -0.503 e. The lowest BCUT2D eigenvalue weighted by Crippen LogP contribution is -2.32. The third kappa shape index (κ3) is 5.04. The fraction of sp³-hybridized carbons (Fsp3) is 0.458. The Hall–Kier alpha value is -2.91. The zero-order chi connectivity index (χ0) is 24.3. The van der Waals surface area contributed by atoms with Gasteiger partial charge in [-0.15, -0.1) is 11.3 Å². The Bertz CT molecular complexity index is 1070. The number of ether oxygens (including phenoxy) is 3. The molecule has 1 N–H and O–H groups in total. The van der Waals surface area contributed by atoms with Gasteiger partial charge >= 0.3 is 0 Å². The Kier molecular flexibility index (Phi) is 7.76. The molecular weight excluding hydrogens is 444 g/mol. The van der Waals surface area contributed by atoms with E-state index in [1.807, 2.05) is 20.8 Å². The molecule has 1 aliphatic rings. The van der Waals surface area contributed by atoms with Gasteiger partial charge in [-0.3, -0.25) is 9.59 Å². The van der Waals surface area contributed by atoms with Gasteiger partial charge in [0.1, 0.15) is 0 Å². The quantitative estimate of drug-likeness (QED) is 0.408. The zero-order valence-electron chi connectivity index (χ0n) is 19.8. The molecule has 1 aromatic heterocycles. The first-order valence-electron chi connectivity index (χ1n) is 10.8. The van der Waals surface area contributed by atoms with Crippen molar-refractivity contribution in [1.82, 2.24) is 9.88 Å². The van der Waals surface area contributed by atoms with E-state index in [0.29, 0.717) is 47.2 Å². The van der Waals surface area contributed by atoms with Crippen LogP contribution in [-0.2, 0) is 9.53 Å². The van der Waals surface area contributed by atoms with E-state index >= 15 is 0 Å². The number of amides is 1. The molecule has 2 aromatic rings. The highest BCUT2D eigenvalue weighted by atomic mass is 32.1. The van der Waals surface area contributed by atoms with E-state index < -0.39 is 23.5 Å². The SMILES string of the molecule is COCCCN1C(=O)C(O)=C(C(=O)c2sc(C)nc2C)C1c1ccc(OC(C)C)c(OC)c1. The van der Waals surface area contributed by atoms with Crippen LogP contribution in [0.2, 0.25) is 0 Å². The first-order valence-corrected chi connectivity index (χ1v) is 11.6. The van der Waals surface area contributed by atoms with Crippen LogP contribution in [0.3, 0.4) is 0 Å². The molecule has 0 fully saturated rings. The maximum atomic E-state index is 13.6. The van der Waals surface area contributed by atoms with Crippen molar-refractivity contribution >= 4 is 23.0 Å². The number of thiazole rings is 1. The van der Waals surface area contributed by atoms with Gasteiger partial charge in [0.2, 0.25) is 5.78 Å². The average molecular weight is 475 g/mol. The number of carbonyl (C=O) groups is 2. The van der Waals surface area contributed by atoms with Crippen LogP contribution in [-0.4, -0.2) is 60.2 Å². The fourth-order valence-electron chi connectivity index (χ4n) is 3.91. The van der Waals surface area contributed by atoms with Gasteiger partial charge in [-0.25, -0.2) is 4.98 Å². The van der Waals surface area contributed by atoms with Crippen molar-refractivity contribution in [2.45, 2.75) is 46.3 Å². The number of aliphatic hydroxyl groups excluding tert-OH is 1. The maximum Gasteiger partial charge on any atom is 0.290 e. The maximum absolute atomic E-state index is 13.6. The Morgan fingerprint density at radius 1 is 1.24 bits per heavy atom. The number of rotatable bonds is 10. The van der Waals surface area contributed by atoms with Crippen molar-refractivity contribution in [2.75, 3.05) is 27.4 Å². The first-order chi connectivity index (χ1) is 15.7. The molecule has 1 atom stereocenters. The number of hydrogen-bond acceptors (Lipinski definition) is 8. The summed E-state index contributed by atoms with van der Waals surface area (Å²) in [5, 5.41) is 11.6. The highest BCUT2D eigenvalue weighted by molar-refractivity contribution is 7.14. The van der Waals surface area contributed by atoms with Crippen LogP contribution < -0.4 is 9.47 Å². The molecule has 1 aromatic carbocycles. The van der Waals surface area contributed by atoms with Crippen molar-refractivity contribution in [1.29, 1.82) is 0 Å². The zero-order valence-corrected chi connectivity index (χ0v) is 20.6. The number of aromatic nitrogens is 1. The number of carbonyl (C=O) groups excluding carboxylic acids is 2. The van der Waals surface area contributed by atoms with Crippen LogP contribution in [0.1, 0.15) is 52.2 Å². The number of aliphatic hydroxyl groups is 1. The lowest BCUT2D eigenvalue weighted by Gasteiger charge is -2.27. The molecule has 2 heterocycles. The van der Waals surface area contributed by atoms with Gasteiger partial charge in [0, 0.05) is 20.3 Å². The predicted molar refractivity (Wildman–Crippen MR) is 125 cm³/mol. The minimum absolute atomic E-state index is 0.0451.